The number of aromatic hydroxyl groups is 1. The Kier molecular flexibility index (Phi) is 8.30. The maximum absolute atomic E-state index is 12.0. The Balaban J connectivity index is 0.000000177. The highest BCUT2D eigenvalue weighted by molar-refractivity contribution is 6.05. The summed E-state index contributed by atoms with van der Waals surface area (Å²) in [6.07, 6.45) is 6.05. The monoisotopic (exact) mass is 519 g/mol. The van der Waals surface area contributed by atoms with Crippen LogP contribution in [0.25, 0.3) is 6.08 Å². The highest BCUT2D eigenvalue weighted by Gasteiger charge is 2.26. The van der Waals surface area contributed by atoms with E-state index in [4.69, 9.17) is 5.11 Å². The first-order valence-corrected chi connectivity index (χ1v) is 12.7. The zero-order valence-corrected chi connectivity index (χ0v) is 21.1. The summed E-state index contributed by atoms with van der Waals surface area (Å²) in [6, 6.07) is 28.6. The smallest absolute Gasteiger partial charge is 0.339 e. The highest BCUT2D eigenvalue weighted by Crippen LogP contribution is 2.37. The van der Waals surface area contributed by atoms with Crippen LogP contribution in [0.4, 0.5) is 5.69 Å². The van der Waals surface area contributed by atoms with E-state index < -0.39 is 5.97 Å². The number of carbonyl (C=O) groups excluding carboxylic acids is 1. The fraction of sp³-hybridized carbons (Fsp3) is 0.176. The average Bonchev–Trinajstić information content (AvgIpc) is 3.55. The number of carboxylic acid groups (broad SMARTS) is 1. The number of allylic oxidation sites excluding steroid dienone is 1. The molecule has 0 aromatic heterocycles. The number of hydrogen-bond acceptors (Lipinski definition) is 3. The molecule has 0 fully saturated rings. The summed E-state index contributed by atoms with van der Waals surface area (Å²) < 4.78 is 0. The molecule has 0 saturated carbocycles. The van der Waals surface area contributed by atoms with Crippen LogP contribution in [0.1, 0.15) is 56.0 Å². The van der Waals surface area contributed by atoms with Crippen molar-refractivity contribution in [2.75, 3.05) is 5.32 Å². The van der Waals surface area contributed by atoms with E-state index in [-0.39, 0.29) is 24.6 Å². The second-order valence-electron chi connectivity index (χ2n) is 9.83. The molecule has 0 heterocycles. The van der Waals surface area contributed by atoms with Gasteiger partial charge in [-0.25, -0.2) is 4.79 Å². The Hall–Kier alpha value is -4.64. The van der Waals surface area contributed by atoms with Crippen LogP contribution >= 0.6 is 0 Å². The number of fused-ring (bicyclic) bond motifs is 2. The lowest BCUT2D eigenvalue weighted by Crippen LogP contribution is -2.12. The Morgan fingerprint density at radius 3 is 2.05 bits per heavy atom. The predicted molar refractivity (Wildman–Crippen MR) is 156 cm³/mol. The molecule has 0 unspecified atom stereocenters. The molecule has 2 aliphatic rings. The molecule has 4 aromatic rings. The van der Waals surface area contributed by atoms with E-state index in [0.717, 1.165) is 17.9 Å². The van der Waals surface area contributed by atoms with Crippen LogP contribution in [-0.4, -0.2) is 22.1 Å². The van der Waals surface area contributed by atoms with Crippen LogP contribution in [0.5, 0.6) is 5.75 Å². The molecule has 5 nitrogen and oxygen atoms in total. The van der Waals surface area contributed by atoms with E-state index in [9.17, 15) is 14.7 Å². The molecule has 3 N–H and O–H groups in total. The first-order chi connectivity index (χ1) is 18.4. The fourth-order valence-corrected chi connectivity index (χ4v) is 5.08. The average molecular weight is 520 g/mol. The maximum Gasteiger partial charge on any atom is 0.339 e. The number of rotatable bonds is 4. The number of aryl methyl sites for hydroxylation is 1. The van der Waals surface area contributed by atoms with Gasteiger partial charge in [-0.1, -0.05) is 85.3 Å². The summed E-state index contributed by atoms with van der Waals surface area (Å²) >= 11 is 0. The topological polar surface area (TPSA) is 86.6 Å². The van der Waals surface area contributed by atoms with Gasteiger partial charge in [0.15, 0.2) is 0 Å². The van der Waals surface area contributed by atoms with Crippen LogP contribution in [0.2, 0.25) is 0 Å². The molecule has 39 heavy (non-hydrogen) atoms. The Labute approximate surface area is 229 Å². The van der Waals surface area contributed by atoms with Crippen molar-refractivity contribution in [1.82, 2.24) is 0 Å². The minimum absolute atomic E-state index is 0. The second-order valence-corrected chi connectivity index (χ2v) is 9.83. The summed E-state index contributed by atoms with van der Waals surface area (Å²) in [7, 11) is 0. The van der Waals surface area contributed by atoms with Crippen molar-refractivity contribution in [2.24, 2.45) is 5.92 Å². The summed E-state index contributed by atoms with van der Waals surface area (Å²) in [6.45, 7) is 1.92. The van der Waals surface area contributed by atoms with Crippen molar-refractivity contribution < 1.29 is 19.8 Å². The van der Waals surface area contributed by atoms with Crippen molar-refractivity contribution in [3.05, 3.63) is 136 Å². The third-order valence-corrected chi connectivity index (χ3v) is 7.16. The van der Waals surface area contributed by atoms with Gasteiger partial charge in [0.2, 0.25) is 0 Å². The molecule has 5 heteroatoms. The van der Waals surface area contributed by atoms with E-state index in [1.54, 1.807) is 28.8 Å². The van der Waals surface area contributed by atoms with Gasteiger partial charge >= 0.3 is 5.97 Å². The van der Waals surface area contributed by atoms with Crippen LogP contribution in [0.3, 0.4) is 0 Å². The number of carbonyl (C=O) groups is 2. The minimum atomic E-state index is -1.26. The molecule has 0 radical (unpaired) electrons. The Morgan fingerprint density at radius 1 is 0.821 bits per heavy atom. The van der Waals surface area contributed by atoms with E-state index in [1.807, 2.05) is 19.1 Å². The molecular formula is C34H33NO4. The predicted octanol–water partition coefficient (Wildman–Crippen LogP) is 7.33. The number of hydrogen-bond donors (Lipinski definition) is 3. The lowest BCUT2D eigenvalue weighted by molar-refractivity contribution is 0.0693. The lowest BCUT2D eigenvalue weighted by atomic mass is 9.94. The van der Waals surface area contributed by atoms with Crippen molar-refractivity contribution >= 4 is 23.6 Å². The van der Waals surface area contributed by atoms with Gasteiger partial charge in [0.1, 0.15) is 11.3 Å². The van der Waals surface area contributed by atoms with Gasteiger partial charge in [0.25, 0.3) is 5.91 Å². The molecule has 6 rings (SSSR count). The fourth-order valence-electron chi connectivity index (χ4n) is 5.08. The van der Waals surface area contributed by atoms with Crippen LogP contribution in [-0.2, 0) is 19.3 Å². The first kappa shape index (κ1) is 27.4. The molecule has 0 aliphatic heterocycles. The summed E-state index contributed by atoms with van der Waals surface area (Å²) in [5.74, 6) is -1.21. The SMILES string of the molecule is C.C1=C(C2Cc3ccccc3C2)Cc2ccccc21.Cc1ccc(C(=O)Nc2ccc(O)c(C(=O)O)c2)cc1. The second kappa shape index (κ2) is 11.8. The number of amides is 1. The van der Waals surface area contributed by atoms with E-state index >= 15 is 0 Å². The quantitative estimate of drug-likeness (QED) is 0.246. The van der Waals surface area contributed by atoms with Crippen molar-refractivity contribution in [1.29, 1.82) is 0 Å². The summed E-state index contributed by atoms with van der Waals surface area (Å²) in [5, 5.41) is 20.9. The zero-order valence-electron chi connectivity index (χ0n) is 21.1. The number of nitrogens with one attached hydrogen (secondary N) is 1. The van der Waals surface area contributed by atoms with Crippen LogP contribution in [0.15, 0.2) is 96.6 Å². The number of phenols is 1. The molecule has 0 saturated heterocycles. The zero-order chi connectivity index (χ0) is 26.6. The minimum Gasteiger partial charge on any atom is -0.507 e. The molecule has 0 spiro atoms. The molecule has 4 aromatic carbocycles. The van der Waals surface area contributed by atoms with Gasteiger partial charge < -0.3 is 15.5 Å². The number of carboxylic acids is 1. The molecule has 198 valence electrons. The maximum atomic E-state index is 12.0. The Morgan fingerprint density at radius 2 is 1.44 bits per heavy atom. The molecule has 0 atom stereocenters. The molecule has 2 aliphatic carbocycles. The number of benzene rings is 4. The van der Waals surface area contributed by atoms with Crippen molar-refractivity contribution in [3.63, 3.8) is 0 Å². The summed E-state index contributed by atoms with van der Waals surface area (Å²) in [5.41, 5.74) is 9.25. The Bertz CT molecular complexity index is 1510. The summed E-state index contributed by atoms with van der Waals surface area (Å²) in [4.78, 5) is 22.9. The van der Waals surface area contributed by atoms with Crippen molar-refractivity contribution in [2.45, 2.75) is 33.6 Å². The number of anilines is 1. The van der Waals surface area contributed by atoms with Gasteiger partial charge in [-0.3, -0.25) is 4.79 Å². The van der Waals surface area contributed by atoms with Gasteiger partial charge in [-0.15, -0.1) is 0 Å². The highest BCUT2D eigenvalue weighted by atomic mass is 16.4. The molecule has 1 amide bonds. The van der Waals surface area contributed by atoms with E-state index in [2.05, 4.69) is 59.9 Å². The van der Waals surface area contributed by atoms with Crippen molar-refractivity contribution in [3.8, 4) is 5.75 Å². The molecular weight excluding hydrogens is 486 g/mol. The lowest BCUT2D eigenvalue weighted by Gasteiger charge is -2.10. The largest absolute Gasteiger partial charge is 0.507 e. The standard InChI is InChI=1S/C18H16.C15H13NO4.CH4/c1-2-6-14-10-17(9-13(14)5-1)18-11-15-7-3-4-8-16(15)12-18;1-9-2-4-10(5-3-9)14(18)16-11-6-7-13(17)12(8-11)15(19)20;/h1-9,18H,10-12H2;2-8,17H,1H3,(H,16,18)(H,19,20);1H4. The van der Waals surface area contributed by atoms with Gasteiger partial charge in [0.05, 0.1) is 0 Å². The number of aromatic carboxylic acids is 1. The third-order valence-electron chi connectivity index (χ3n) is 7.16. The third kappa shape index (κ3) is 6.27. The van der Waals surface area contributed by atoms with Crippen LogP contribution < -0.4 is 5.32 Å². The molecule has 0 bridgehead atoms. The van der Waals surface area contributed by atoms with Gasteiger partial charge in [0, 0.05) is 11.3 Å². The normalized spacial score (nSPS) is 13.2. The van der Waals surface area contributed by atoms with Gasteiger partial charge in [-0.2, -0.15) is 0 Å². The van der Waals surface area contributed by atoms with Crippen LogP contribution in [0, 0.1) is 12.8 Å². The van der Waals surface area contributed by atoms with E-state index in [1.165, 1.54) is 42.2 Å². The van der Waals surface area contributed by atoms with Gasteiger partial charge in [-0.05, 0) is 84.7 Å². The first-order valence-electron chi connectivity index (χ1n) is 12.7. The van der Waals surface area contributed by atoms with E-state index in [0.29, 0.717) is 11.3 Å².